The number of piperidine rings is 1. The van der Waals surface area contributed by atoms with Crippen LogP contribution in [0.15, 0.2) is 29.4 Å². The van der Waals surface area contributed by atoms with Crippen molar-refractivity contribution >= 4 is 17.7 Å². The van der Waals surface area contributed by atoms with Crippen LogP contribution in [-0.4, -0.2) is 58.5 Å². The Morgan fingerprint density at radius 2 is 1.89 bits per heavy atom. The number of halogens is 1. The summed E-state index contributed by atoms with van der Waals surface area (Å²) in [4.78, 5) is 15.8. The fourth-order valence-corrected chi connectivity index (χ4v) is 4.08. The van der Waals surface area contributed by atoms with Crippen LogP contribution >= 0.6 is 11.8 Å². The molecule has 152 valence electrons. The van der Waals surface area contributed by atoms with Gasteiger partial charge < -0.3 is 9.80 Å². The number of carbonyl (C=O) groups is 1. The highest BCUT2D eigenvalue weighted by atomic mass is 32.2. The molecule has 1 saturated heterocycles. The smallest absolute Gasteiger partial charge is 0.233 e. The lowest BCUT2D eigenvalue weighted by atomic mass is 9.99. The summed E-state index contributed by atoms with van der Waals surface area (Å²) in [6.45, 7) is 5.97. The molecule has 1 atom stereocenters. The van der Waals surface area contributed by atoms with E-state index in [9.17, 15) is 9.18 Å². The summed E-state index contributed by atoms with van der Waals surface area (Å²) in [5, 5.41) is 9.40. The predicted octanol–water partition coefficient (Wildman–Crippen LogP) is 1.96. The zero-order valence-corrected chi connectivity index (χ0v) is 17.8. The average molecular weight is 407 g/mol. The van der Waals surface area contributed by atoms with Crippen LogP contribution in [0.5, 0.6) is 0 Å². The molecule has 1 aromatic carbocycles. The summed E-state index contributed by atoms with van der Waals surface area (Å²) in [5.41, 5.74) is 0.802. The van der Waals surface area contributed by atoms with Gasteiger partial charge in [0, 0.05) is 18.8 Å². The van der Waals surface area contributed by atoms with Crippen molar-refractivity contribution in [2.24, 2.45) is 5.92 Å². The number of rotatable bonds is 6. The zero-order valence-electron chi connectivity index (χ0n) is 17.0. The van der Waals surface area contributed by atoms with Crippen molar-refractivity contribution in [1.82, 2.24) is 19.7 Å². The summed E-state index contributed by atoms with van der Waals surface area (Å²) in [7, 11) is 4.12. The van der Waals surface area contributed by atoms with E-state index in [1.807, 2.05) is 9.47 Å². The maximum absolute atomic E-state index is 13.4. The Balaban J connectivity index is 1.80. The minimum atomic E-state index is -0.284. The highest BCUT2D eigenvalue weighted by Crippen LogP contribution is 2.25. The van der Waals surface area contributed by atoms with Crippen LogP contribution in [-0.2, 0) is 4.79 Å². The Morgan fingerprint density at radius 3 is 2.50 bits per heavy atom. The van der Waals surface area contributed by atoms with E-state index in [1.54, 1.807) is 12.1 Å². The first-order chi connectivity index (χ1) is 13.4. The minimum absolute atomic E-state index is 0.103. The molecule has 0 aliphatic carbocycles. The maximum atomic E-state index is 13.4. The van der Waals surface area contributed by atoms with Crippen LogP contribution in [0.2, 0.25) is 0 Å². The first-order valence-corrected chi connectivity index (χ1v) is 10.8. The van der Waals surface area contributed by atoms with Gasteiger partial charge in [-0.2, -0.15) is 0 Å². The minimum Gasteiger partial charge on any atom is -0.342 e. The number of benzene rings is 1. The van der Waals surface area contributed by atoms with Gasteiger partial charge in [0.2, 0.25) is 5.91 Å². The van der Waals surface area contributed by atoms with Gasteiger partial charge in [0.05, 0.1) is 19.8 Å². The van der Waals surface area contributed by atoms with Crippen LogP contribution in [0.3, 0.4) is 0 Å². The number of aromatic nitrogens is 3. The fourth-order valence-electron chi connectivity index (χ4n) is 3.22. The molecule has 6 nitrogen and oxygen atoms in total. The predicted molar refractivity (Wildman–Crippen MR) is 108 cm³/mol. The lowest BCUT2D eigenvalue weighted by Crippen LogP contribution is -3.05. The summed E-state index contributed by atoms with van der Waals surface area (Å²) in [6.07, 6.45) is 2.13. The van der Waals surface area contributed by atoms with Crippen molar-refractivity contribution in [3.8, 4) is 5.69 Å². The Bertz CT molecular complexity index is 799. The highest BCUT2D eigenvalue weighted by molar-refractivity contribution is 7.99. The summed E-state index contributed by atoms with van der Waals surface area (Å²) >= 11 is 1.39. The van der Waals surface area contributed by atoms with Gasteiger partial charge in [-0.1, -0.05) is 18.7 Å². The standard InChI is InChI=1S/C20H28FN5OS/c1-14-9-11-25(12-10-14)18(27)13-28-20-23-22-19(15(2)24(3)4)26(20)17-7-5-16(21)6-8-17/h5-8,14-15H,9-13H2,1-4H3/p+1/t15-/m0/s1. The molecule has 1 aliphatic heterocycles. The molecule has 1 amide bonds. The number of carbonyl (C=O) groups excluding carboxylic acids is 1. The molecule has 2 heterocycles. The number of amides is 1. The third kappa shape index (κ3) is 4.72. The number of nitrogens with one attached hydrogen (secondary N) is 1. The SMILES string of the molecule is CC1CCN(C(=O)CSc2nnc([C@H](C)[NH+](C)C)n2-c2ccc(F)cc2)CC1. The van der Waals surface area contributed by atoms with Crippen molar-refractivity contribution in [3.63, 3.8) is 0 Å². The Labute approximate surface area is 170 Å². The summed E-state index contributed by atoms with van der Waals surface area (Å²) in [5.74, 6) is 1.67. The first kappa shape index (κ1) is 20.8. The zero-order chi connectivity index (χ0) is 20.3. The van der Waals surface area contributed by atoms with Crippen LogP contribution in [0, 0.1) is 11.7 Å². The van der Waals surface area contributed by atoms with Crippen molar-refractivity contribution in [1.29, 1.82) is 0 Å². The van der Waals surface area contributed by atoms with E-state index in [4.69, 9.17) is 0 Å². The number of quaternary nitrogens is 1. The quantitative estimate of drug-likeness (QED) is 0.746. The number of likely N-dealkylation sites (tertiary alicyclic amines) is 1. The lowest BCUT2D eigenvalue weighted by molar-refractivity contribution is -0.890. The topological polar surface area (TPSA) is 55.5 Å². The molecule has 0 unspecified atom stereocenters. The summed E-state index contributed by atoms with van der Waals surface area (Å²) < 4.78 is 15.3. The Hall–Kier alpha value is -1.93. The third-order valence-electron chi connectivity index (χ3n) is 5.46. The molecule has 28 heavy (non-hydrogen) atoms. The van der Waals surface area contributed by atoms with Crippen LogP contribution in [0.1, 0.15) is 38.6 Å². The van der Waals surface area contributed by atoms with Crippen LogP contribution < -0.4 is 4.90 Å². The molecular formula is C20H29FN5OS+. The third-order valence-corrected chi connectivity index (χ3v) is 6.37. The molecule has 3 rings (SSSR count). The number of hydrogen-bond donors (Lipinski definition) is 1. The number of hydrogen-bond acceptors (Lipinski definition) is 4. The molecule has 8 heteroatoms. The maximum Gasteiger partial charge on any atom is 0.233 e. The first-order valence-electron chi connectivity index (χ1n) is 9.78. The van der Waals surface area contributed by atoms with E-state index >= 15 is 0 Å². The van der Waals surface area contributed by atoms with E-state index in [0.717, 1.165) is 37.4 Å². The fraction of sp³-hybridized carbons (Fsp3) is 0.550. The molecule has 1 fully saturated rings. The molecule has 1 aromatic heterocycles. The van der Waals surface area contributed by atoms with Gasteiger partial charge >= 0.3 is 0 Å². The van der Waals surface area contributed by atoms with Gasteiger partial charge in [-0.15, -0.1) is 10.2 Å². The molecule has 1 N–H and O–H groups in total. The van der Waals surface area contributed by atoms with Crippen molar-refractivity contribution in [2.45, 2.75) is 37.9 Å². The molecular weight excluding hydrogens is 377 g/mol. The van der Waals surface area contributed by atoms with Gasteiger partial charge in [0.25, 0.3) is 0 Å². The Kier molecular flexibility index (Phi) is 6.72. The number of thioether (sulfide) groups is 1. The van der Waals surface area contributed by atoms with E-state index in [0.29, 0.717) is 16.8 Å². The molecule has 0 radical (unpaired) electrons. The van der Waals surface area contributed by atoms with Crippen LogP contribution in [0.25, 0.3) is 5.69 Å². The molecule has 0 bridgehead atoms. The lowest BCUT2D eigenvalue weighted by Gasteiger charge is -2.30. The van der Waals surface area contributed by atoms with Crippen LogP contribution in [0.4, 0.5) is 4.39 Å². The van der Waals surface area contributed by atoms with E-state index in [-0.39, 0.29) is 17.8 Å². The molecule has 1 aliphatic rings. The van der Waals surface area contributed by atoms with E-state index in [1.165, 1.54) is 28.8 Å². The van der Waals surface area contributed by atoms with Gasteiger partial charge in [-0.3, -0.25) is 9.36 Å². The monoisotopic (exact) mass is 406 g/mol. The van der Waals surface area contributed by atoms with Gasteiger partial charge in [0.15, 0.2) is 11.0 Å². The van der Waals surface area contributed by atoms with Crippen molar-refractivity contribution < 1.29 is 14.1 Å². The second-order valence-corrected chi connectivity index (χ2v) is 8.75. The van der Waals surface area contributed by atoms with Gasteiger partial charge in [0.1, 0.15) is 11.9 Å². The normalized spacial score (nSPS) is 16.6. The molecule has 2 aromatic rings. The molecule has 0 saturated carbocycles. The molecule has 0 spiro atoms. The second-order valence-electron chi connectivity index (χ2n) is 7.80. The van der Waals surface area contributed by atoms with E-state index < -0.39 is 0 Å². The Morgan fingerprint density at radius 1 is 1.25 bits per heavy atom. The van der Waals surface area contributed by atoms with Gasteiger partial charge in [-0.25, -0.2) is 4.39 Å². The van der Waals surface area contributed by atoms with Crippen molar-refractivity contribution in [3.05, 3.63) is 35.9 Å². The van der Waals surface area contributed by atoms with E-state index in [2.05, 4.69) is 38.1 Å². The van der Waals surface area contributed by atoms with Crippen molar-refractivity contribution in [2.75, 3.05) is 32.9 Å². The average Bonchev–Trinajstić information content (AvgIpc) is 3.10. The number of nitrogens with zero attached hydrogens (tertiary/aromatic N) is 4. The largest absolute Gasteiger partial charge is 0.342 e. The highest BCUT2D eigenvalue weighted by Gasteiger charge is 2.25. The second kappa shape index (κ2) is 9.05. The summed E-state index contributed by atoms with van der Waals surface area (Å²) in [6, 6.07) is 6.41. The van der Waals surface area contributed by atoms with Gasteiger partial charge in [-0.05, 0) is 49.9 Å².